The van der Waals surface area contributed by atoms with Crippen LogP contribution in [0.4, 0.5) is 25.1 Å². The van der Waals surface area contributed by atoms with Gasteiger partial charge < -0.3 is 10.2 Å². The van der Waals surface area contributed by atoms with E-state index in [1.165, 1.54) is 11.0 Å². The Morgan fingerprint density at radius 3 is 2.70 bits per heavy atom. The molecule has 1 saturated heterocycles. The van der Waals surface area contributed by atoms with Crippen LogP contribution in [0.15, 0.2) is 42.7 Å². The van der Waals surface area contributed by atoms with Crippen molar-refractivity contribution in [1.82, 2.24) is 19.9 Å². The fourth-order valence-corrected chi connectivity index (χ4v) is 4.66. The van der Waals surface area contributed by atoms with Crippen molar-refractivity contribution in [3.63, 3.8) is 0 Å². The highest BCUT2D eigenvalue weighted by Crippen LogP contribution is 2.38. The normalized spacial score (nSPS) is 19.3. The summed E-state index contributed by atoms with van der Waals surface area (Å²) in [5.41, 5.74) is 2.92. The number of halogens is 2. The van der Waals surface area contributed by atoms with Gasteiger partial charge in [0, 0.05) is 49.8 Å². The molecule has 9 heteroatoms. The molecule has 1 spiro atoms. The van der Waals surface area contributed by atoms with Gasteiger partial charge in [-0.2, -0.15) is 0 Å². The maximum Gasteiger partial charge on any atom is 0.324 e. The van der Waals surface area contributed by atoms with Gasteiger partial charge in [-0.1, -0.05) is 0 Å². The van der Waals surface area contributed by atoms with Crippen LogP contribution in [0.1, 0.15) is 24.1 Å². The number of aromatic nitrogens is 3. The summed E-state index contributed by atoms with van der Waals surface area (Å²) in [6.07, 6.45) is 5.91. The van der Waals surface area contributed by atoms with E-state index in [2.05, 4.69) is 21.4 Å². The second-order valence-corrected chi connectivity index (χ2v) is 8.72. The van der Waals surface area contributed by atoms with Crippen molar-refractivity contribution in [3.8, 4) is 11.4 Å². The van der Waals surface area contributed by atoms with Crippen molar-refractivity contribution in [2.75, 3.05) is 30.4 Å². The zero-order valence-electron chi connectivity index (χ0n) is 18.5. The quantitative estimate of drug-likeness (QED) is 0.634. The van der Waals surface area contributed by atoms with Crippen LogP contribution in [0.2, 0.25) is 0 Å². The van der Waals surface area contributed by atoms with Crippen LogP contribution >= 0.6 is 0 Å². The Balaban J connectivity index is 1.33. The van der Waals surface area contributed by atoms with Crippen molar-refractivity contribution in [2.24, 2.45) is 0 Å². The van der Waals surface area contributed by atoms with Crippen molar-refractivity contribution in [3.05, 3.63) is 65.6 Å². The monoisotopic (exact) mass is 450 g/mol. The highest BCUT2D eigenvalue weighted by atomic mass is 19.2. The molecule has 5 rings (SSSR count). The van der Waals surface area contributed by atoms with E-state index in [9.17, 15) is 13.6 Å². The van der Waals surface area contributed by atoms with Crippen LogP contribution in [0.25, 0.3) is 11.4 Å². The molecule has 2 aliphatic rings. The fourth-order valence-electron chi connectivity index (χ4n) is 4.66. The standard InChI is InChI=1S/C24H24F2N6O/c1-15-18(22-27-9-3-10-28-22)12-16-6-7-24(30-21(16)29-15)8-11-32(14-24)23(33)31(2)17-4-5-19(25)20(26)13-17/h3-5,9-10,12-13H,6-8,11,14H2,1-2H3,(H,29,30)/t24-/m0/s1. The molecule has 1 aromatic carbocycles. The van der Waals surface area contributed by atoms with Crippen LogP contribution in [0.3, 0.4) is 0 Å². The molecule has 4 heterocycles. The van der Waals surface area contributed by atoms with Crippen molar-refractivity contribution >= 4 is 17.5 Å². The number of amides is 2. The van der Waals surface area contributed by atoms with Gasteiger partial charge in [0.25, 0.3) is 0 Å². The van der Waals surface area contributed by atoms with Crippen LogP contribution < -0.4 is 10.2 Å². The van der Waals surface area contributed by atoms with Crippen molar-refractivity contribution in [2.45, 2.75) is 31.7 Å². The molecule has 1 fully saturated rings. The van der Waals surface area contributed by atoms with Gasteiger partial charge in [-0.15, -0.1) is 0 Å². The zero-order valence-corrected chi connectivity index (χ0v) is 18.5. The number of hydrogen-bond donors (Lipinski definition) is 1. The maximum absolute atomic E-state index is 13.6. The number of benzene rings is 1. The number of hydrogen-bond acceptors (Lipinski definition) is 5. The van der Waals surface area contributed by atoms with Gasteiger partial charge in [-0.25, -0.2) is 28.5 Å². The smallest absolute Gasteiger partial charge is 0.324 e. The van der Waals surface area contributed by atoms with Gasteiger partial charge in [0.05, 0.1) is 11.2 Å². The second-order valence-electron chi connectivity index (χ2n) is 8.72. The van der Waals surface area contributed by atoms with E-state index in [0.717, 1.165) is 54.0 Å². The number of anilines is 2. The highest BCUT2D eigenvalue weighted by Gasteiger charge is 2.43. The number of nitrogens with one attached hydrogen (secondary N) is 1. The van der Waals surface area contributed by atoms with E-state index in [-0.39, 0.29) is 11.6 Å². The zero-order chi connectivity index (χ0) is 23.2. The maximum atomic E-state index is 13.6. The lowest BCUT2D eigenvalue weighted by atomic mass is 9.86. The lowest BCUT2D eigenvalue weighted by molar-refractivity contribution is 0.214. The molecule has 0 aliphatic carbocycles. The van der Waals surface area contributed by atoms with E-state index in [4.69, 9.17) is 4.98 Å². The minimum atomic E-state index is -0.975. The summed E-state index contributed by atoms with van der Waals surface area (Å²) in [7, 11) is 1.57. The number of aryl methyl sites for hydroxylation is 2. The molecule has 0 bridgehead atoms. The average molecular weight is 450 g/mol. The summed E-state index contributed by atoms with van der Waals surface area (Å²) >= 11 is 0. The third kappa shape index (κ3) is 3.88. The minimum absolute atomic E-state index is 0.244. The number of nitrogens with zero attached hydrogens (tertiary/aromatic N) is 5. The van der Waals surface area contributed by atoms with E-state index in [1.807, 2.05) is 6.92 Å². The summed E-state index contributed by atoms with van der Waals surface area (Å²) in [6, 6.07) is 7.11. The Morgan fingerprint density at radius 1 is 1.15 bits per heavy atom. The molecule has 1 N–H and O–H groups in total. The first kappa shape index (κ1) is 21.2. The third-order valence-electron chi connectivity index (χ3n) is 6.56. The topological polar surface area (TPSA) is 74.2 Å². The van der Waals surface area contributed by atoms with Gasteiger partial charge in [-0.05, 0) is 56.0 Å². The number of urea groups is 1. The largest absolute Gasteiger partial charge is 0.363 e. The predicted molar refractivity (Wildman–Crippen MR) is 121 cm³/mol. The van der Waals surface area contributed by atoms with E-state index in [0.29, 0.717) is 24.6 Å². The average Bonchev–Trinajstić information content (AvgIpc) is 3.23. The van der Waals surface area contributed by atoms with E-state index < -0.39 is 11.6 Å². The van der Waals surface area contributed by atoms with Gasteiger partial charge in [0.15, 0.2) is 17.5 Å². The van der Waals surface area contributed by atoms with Crippen LogP contribution in [-0.4, -0.2) is 51.6 Å². The minimum Gasteiger partial charge on any atom is -0.363 e. The number of fused-ring (bicyclic) bond motifs is 1. The summed E-state index contributed by atoms with van der Waals surface area (Å²) in [5.74, 6) is -0.419. The number of carbonyl (C=O) groups is 1. The molecule has 2 aliphatic heterocycles. The predicted octanol–water partition coefficient (Wildman–Crippen LogP) is 4.18. The molecule has 7 nitrogen and oxygen atoms in total. The van der Waals surface area contributed by atoms with Gasteiger partial charge in [0.2, 0.25) is 0 Å². The van der Waals surface area contributed by atoms with Gasteiger partial charge >= 0.3 is 6.03 Å². The first-order chi connectivity index (χ1) is 15.8. The molecule has 170 valence electrons. The molecule has 2 amide bonds. The molecule has 3 aromatic rings. The molecule has 33 heavy (non-hydrogen) atoms. The number of likely N-dealkylation sites (tertiary alicyclic amines) is 1. The lowest BCUT2D eigenvalue weighted by Gasteiger charge is -2.36. The fraction of sp³-hybridized carbons (Fsp3) is 0.333. The summed E-state index contributed by atoms with van der Waals surface area (Å²) in [6.45, 7) is 3.03. The molecular formula is C24H24F2N6O. The van der Waals surface area contributed by atoms with E-state index >= 15 is 0 Å². The second kappa shape index (κ2) is 8.06. The van der Waals surface area contributed by atoms with Gasteiger partial charge in [-0.3, -0.25) is 4.90 Å². The molecule has 0 saturated carbocycles. The molecule has 0 unspecified atom stereocenters. The number of carbonyl (C=O) groups excluding carboxylic acids is 1. The van der Waals surface area contributed by atoms with Crippen molar-refractivity contribution in [1.29, 1.82) is 0 Å². The Labute approximate surface area is 190 Å². The Bertz CT molecular complexity index is 1220. The Hall–Kier alpha value is -3.62. The first-order valence-corrected chi connectivity index (χ1v) is 10.9. The third-order valence-corrected chi connectivity index (χ3v) is 6.56. The van der Waals surface area contributed by atoms with E-state index in [1.54, 1.807) is 30.4 Å². The van der Waals surface area contributed by atoms with Crippen LogP contribution in [0, 0.1) is 18.6 Å². The van der Waals surface area contributed by atoms with Gasteiger partial charge in [0.1, 0.15) is 5.82 Å². The van der Waals surface area contributed by atoms with Crippen LogP contribution in [-0.2, 0) is 6.42 Å². The molecular weight excluding hydrogens is 426 g/mol. The molecule has 1 atom stereocenters. The molecule has 2 aromatic heterocycles. The van der Waals surface area contributed by atoms with Crippen LogP contribution in [0.5, 0.6) is 0 Å². The Kier molecular flexibility index (Phi) is 5.19. The lowest BCUT2D eigenvalue weighted by Crippen LogP contribution is -2.47. The Morgan fingerprint density at radius 2 is 1.94 bits per heavy atom. The summed E-state index contributed by atoms with van der Waals surface area (Å²) in [4.78, 5) is 29.6. The number of rotatable bonds is 2. The van der Waals surface area contributed by atoms with Crippen molar-refractivity contribution < 1.29 is 13.6 Å². The number of pyridine rings is 1. The first-order valence-electron chi connectivity index (χ1n) is 10.9. The molecule has 0 radical (unpaired) electrons. The summed E-state index contributed by atoms with van der Waals surface area (Å²) in [5, 5.41) is 3.60. The summed E-state index contributed by atoms with van der Waals surface area (Å²) < 4.78 is 26.9. The highest BCUT2D eigenvalue weighted by molar-refractivity contribution is 5.91. The SMILES string of the molecule is Cc1nc2c(cc1-c1ncccn1)CC[C@@]1(CCN(C(=O)N(C)c3ccc(F)c(F)c3)C1)N2.